The Kier molecular flexibility index (Phi) is 8.21. The molecular weight excluding hydrogens is 515 g/mol. The fraction of sp³-hybridized carbons (Fsp3) is 0.360. The van der Waals surface area contributed by atoms with Crippen LogP contribution in [0.15, 0.2) is 48.5 Å². The molecule has 0 aromatic heterocycles. The van der Waals surface area contributed by atoms with E-state index in [1.165, 1.54) is 11.0 Å². The Morgan fingerprint density at radius 1 is 1.11 bits per heavy atom. The van der Waals surface area contributed by atoms with E-state index in [1.54, 1.807) is 57.2 Å². The van der Waals surface area contributed by atoms with Gasteiger partial charge in [-0.2, -0.15) is 21.6 Å². The summed E-state index contributed by atoms with van der Waals surface area (Å²) in [5, 5.41) is 0. The van der Waals surface area contributed by atoms with Crippen molar-refractivity contribution in [3.05, 3.63) is 65.2 Å². The van der Waals surface area contributed by atoms with E-state index in [1.807, 2.05) is 0 Å². The van der Waals surface area contributed by atoms with Gasteiger partial charge in [0.25, 0.3) is 0 Å². The molecular formula is C25H26F3NO7S. The van der Waals surface area contributed by atoms with Crippen molar-refractivity contribution in [3.63, 3.8) is 0 Å². The van der Waals surface area contributed by atoms with Crippen LogP contribution in [0.3, 0.4) is 0 Å². The number of amides is 1. The Hall–Kier alpha value is -3.54. The summed E-state index contributed by atoms with van der Waals surface area (Å²) in [5.74, 6) is -0.823. The molecule has 0 bridgehead atoms. The van der Waals surface area contributed by atoms with Crippen LogP contribution in [0.5, 0.6) is 11.5 Å². The monoisotopic (exact) mass is 541 g/mol. The van der Waals surface area contributed by atoms with Crippen molar-refractivity contribution in [1.82, 2.24) is 4.90 Å². The lowest BCUT2D eigenvalue weighted by molar-refractivity contribution is -0.0500. The molecule has 0 saturated carbocycles. The maximum absolute atomic E-state index is 13.0. The van der Waals surface area contributed by atoms with Crippen molar-refractivity contribution < 1.29 is 44.8 Å². The molecule has 0 unspecified atom stereocenters. The van der Waals surface area contributed by atoms with Gasteiger partial charge in [0.15, 0.2) is 12.0 Å². The molecule has 200 valence electrons. The van der Waals surface area contributed by atoms with Gasteiger partial charge in [0, 0.05) is 19.2 Å². The lowest BCUT2D eigenvalue weighted by Gasteiger charge is -2.30. The van der Waals surface area contributed by atoms with E-state index < -0.39 is 38.6 Å². The highest BCUT2D eigenvalue weighted by atomic mass is 32.2. The molecule has 37 heavy (non-hydrogen) atoms. The maximum atomic E-state index is 13.0. The van der Waals surface area contributed by atoms with Crippen LogP contribution in [-0.2, 0) is 21.5 Å². The van der Waals surface area contributed by atoms with Gasteiger partial charge in [0.2, 0.25) is 0 Å². The van der Waals surface area contributed by atoms with Crippen LogP contribution in [0.1, 0.15) is 48.7 Å². The Bertz CT molecular complexity index is 1280. The molecule has 0 saturated heterocycles. The summed E-state index contributed by atoms with van der Waals surface area (Å²) in [6.07, 6.45) is 1.50. The molecule has 2 aromatic carbocycles. The smallest absolute Gasteiger partial charge is 0.489 e. The average molecular weight is 542 g/mol. The second-order valence-electron chi connectivity index (χ2n) is 9.16. The number of alkyl halides is 3. The minimum atomic E-state index is -6.06. The Morgan fingerprint density at radius 3 is 2.32 bits per heavy atom. The summed E-state index contributed by atoms with van der Waals surface area (Å²) in [6.45, 7) is 5.51. The Morgan fingerprint density at radius 2 is 1.78 bits per heavy atom. The first-order valence-electron chi connectivity index (χ1n) is 11.2. The number of hydrogen-bond donors (Lipinski definition) is 0. The third-order valence-corrected chi connectivity index (χ3v) is 6.14. The van der Waals surface area contributed by atoms with Crippen LogP contribution in [-0.4, -0.2) is 49.9 Å². The highest BCUT2D eigenvalue weighted by Crippen LogP contribution is 2.37. The zero-order valence-corrected chi connectivity index (χ0v) is 21.2. The van der Waals surface area contributed by atoms with E-state index in [-0.39, 0.29) is 43.7 Å². The summed E-state index contributed by atoms with van der Waals surface area (Å²) in [7, 11) is -6.06. The molecule has 0 aliphatic carbocycles. The Balaban J connectivity index is 1.98. The molecule has 0 spiro atoms. The molecule has 1 aliphatic heterocycles. The summed E-state index contributed by atoms with van der Waals surface area (Å²) < 4.78 is 77.9. The molecule has 2 aromatic rings. The number of aldehydes is 1. The van der Waals surface area contributed by atoms with Crippen molar-refractivity contribution in [1.29, 1.82) is 0 Å². The van der Waals surface area contributed by atoms with Crippen LogP contribution in [0.25, 0.3) is 5.57 Å². The number of halogens is 3. The zero-order valence-electron chi connectivity index (χ0n) is 20.4. The van der Waals surface area contributed by atoms with Crippen LogP contribution in [0, 0.1) is 0 Å². The van der Waals surface area contributed by atoms with Crippen molar-refractivity contribution in [3.8, 4) is 11.5 Å². The molecule has 0 radical (unpaired) electrons. The van der Waals surface area contributed by atoms with Crippen LogP contribution < -0.4 is 8.92 Å². The quantitative estimate of drug-likeness (QED) is 0.265. The SMILES string of the molecule is CC(C)(C)OC(=O)N1CC=C(c2cc(OCc3ccccc3)cc(OS(=O)(=O)C(F)(F)F)c2C=O)CC1. The molecule has 8 nitrogen and oxygen atoms in total. The molecule has 0 N–H and O–H groups in total. The molecule has 3 rings (SSSR count). The second-order valence-corrected chi connectivity index (χ2v) is 10.7. The molecule has 1 amide bonds. The summed E-state index contributed by atoms with van der Waals surface area (Å²) in [4.78, 5) is 25.7. The van der Waals surface area contributed by atoms with Crippen molar-refractivity contribution in [2.45, 2.75) is 44.9 Å². The number of ether oxygens (including phenoxy) is 2. The largest absolute Gasteiger partial charge is 0.534 e. The minimum absolute atomic E-state index is 0.00713. The first kappa shape index (κ1) is 28.0. The lowest BCUT2D eigenvalue weighted by Crippen LogP contribution is -2.39. The average Bonchev–Trinajstić information content (AvgIpc) is 2.81. The standard InChI is InChI=1S/C25H26F3NO7S/c1-24(2,3)35-23(31)29-11-9-18(10-12-29)20-13-19(34-16-17-7-5-4-6-8-17)14-22(21(20)15-30)36-37(32,33)25(26,27)28/h4-9,13-15H,10-12,16H2,1-3H3. The topological polar surface area (TPSA) is 99.2 Å². The van der Waals surface area contributed by atoms with Gasteiger partial charge in [-0.05, 0) is 50.0 Å². The van der Waals surface area contributed by atoms with E-state index >= 15 is 0 Å². The molecule has 1 heterocycles. The fourth-order valence-electron chi connectivity index (χ4n) is 3.45. The maximum Gasteiger partial charge on any atom is 0.534 e. The first-order chi connectivity index (χ1) is 17.2. The third-order valence-electron chi connectivity index (χ3n) is 5.17. The van der Waals surface area contributed by atoms with Gasteiger partial charge in [-0.3, -0.25) is 4.79 Å². The number of carbonyl (C=O) groups is 2. The number of carbonyl (C=O) groups excluding carboxylic acids is 2. The van der Waals surface area contributed by atoms with Crippen LogP contribution >= 0.6 is 0 Å². The van der Waals surface area contributed by atoms with E-state index in [9.17, 15) is 31.2 Å². The van der Waals surface area contributed by atoms with Gasteiger partial charge in [-0.1, -0.05) is 36.4 Å². The number of hydrogen-bond acceptors (Lipinski definition) is 7. The normalized spacial score (nSPS) is 14.5. The van der Waals surface area contributed by atoms with E-state index in [0.29, 0.717) is 5.57 Å². The number of benzene rings is 2. The van der Waals surface area contributed by atoms with Gasteiger partial charge in [-0.25, -0.2) is 4.79 Å². The van der Waals surface area contributed by atoms with Crippen molar-refractivity contribution in [2.24, 2.45) is 0 Å². The van der Waals surface area contributed by atoms with Gasteiger partial charge in [0.1, 0.15) is 18.0 Å². The van der Waals surface area contributed by atoms with E-state index in [0.717, 1.165) is 11.6 Å². The van der Waals surface area contributed by atoms with Crippen molar-refractivity contribution >= 4 is 28.1 Å². The summed E-state index contributed by atoms with van der Waals surface area (Å²) >= 11 is 0. The zero-order chi connectivity index (χ0) is 27.4. The predicted molar refractivity (Wildman–Crippen MR) is 129 cm³/mol. The molecule has 1 aliphatic rings. The van der Waals surface area contributed by atoms with E-state index in [4.69, 9.17) is 9.47 Å². The van der Waals surface area contributed by atoms with Gasteiger partial charge in [0.05, 0.1) is 5.56 Å². The highest BCUT2D eigenvalue weighted by molar-refractivity contribution is 7.88. The summed E-state index contributed by atoms with van der Waals surface area (Å²) in [5.41, 5.74) is -5.41. The first-order valence-corrected chi connectivity index (χ1v) is 12.6. The highest BCUT2D eigenvalue weighted by Gasteiger charge is 2.49. The summed E-state index contributed by atoms with van der Waals surface area (Å²) in [6, 6.07) is 11.2. The van der Waals surface area contributed by atoms with Crippen molar-refractivity contribution in [2.75, 3.05) is 13.1 Å². The van der Waals surface area contributed by atoms with Crippen LogP contribution in [0.2, 0.25) is 0 Å². The molecule has 0 atom stereocenters. The Labute approximate surface area is 212 Å². The third kappa shape index (κ3) is 7.25. The number of nitrogens with zero attached hydrogens (tertiary/aromatic N) is 1. The fourth-order valence-corrected chi connectivity index (χ4v) is 3.92. The van der Waals surface area contributed by atoms with Gasteiger partial charge < -0.3 is 18.6 Å². The lowest BCUT2D eigenvalue weighted by atomic mass is 9.94. The van der Waals surface area contributed by atoms with Gasteiger partial charge >= 0.3 is 21.7 Å². The molecule has 0 fully saturated rings. The van der Waals surface area contributed by atoms with E-state index in [2.05, 4.69) is 4.18 Å². The molecule has 12 heteroatoms. The predicted octanol–water partition coefficient (Wildman–Crippen LogP) is 5.33. The minimum Gasteiger partial charge on any atom is -0.489 e. The second kappa shape index (κ2) is 10.8. The van der Waals surface area contributed by atoms with Crippen LogP contribution in [0.4, 0.5) is 18.0 Å². The van der Waals surface area contributed by atoms with Gasteiger partial charge in [-0.15, -0.1) is 0 Å². The number of rotatable bonds is 7.